The van der Waals surface area contributed by atoms with Gasteiger partial charge in [-0.1, -0.05) is 58.3 Å². The fourth-order valence-corrected chi connectivity index (χ4v) is 1.90. The van der Waals surface area contributed by atoms with Gasteiger partial charge in [0.25, 0.3) is 0 Å². The van der Waals surface area contributed by atoms with Crippen molar-refractivity contribution in [3.8, 4) is 0 Å². The van der Waals surface area contributed by atoms with Crippen molar-refractivity contribution in [3.63, 3.8) is 0 Å². The van der Waals surface area contributed by atoms with Gasteiger partial charge in [-0.2, -0.15) is 0 Å². The summed E-state index contributed by atoms with van der Waals surface area (Å²) in [5.74, 6) is 0. The minimum atomic E-state index is -4.48. The summed E-state index contributed by atoms with van der Waals surface area (Å²) in [7, 11) is -4.48. The molecule has 5 nitrogen and oxygen atoms in total. The molecule has 0 radical (unpaired) electrons. The molecule has 0 saturated heterocycles. The normalized spacial score (nSPS) is 11.2. The minimum Gasteiger partial charge on any atom is -0.726 e. The van der Waals surface area contributed by atoms with E-state index in [0.29, 0.717) is 6.42 Å². The van der Waals surface area contributed by atoms with Crippen LogP contribution >= 0.6 is 0 Å². The summed E-state index contributed by atoms with van der Waals surface area (Å²) in [6.45, 7) is 2.23. The van der Waals surface area contributed by atoms with Gasteiger partial charge in [-0.05, 0) is 6.42 Å². The van der Waals surface area contributed by atoms with Gasteiger partial charge in [-0.25, -0.2) is 8.42 Å². The summed E-state index contributed by atoms with van der Waals surface area (Å²) in [4.78, 5) is 0. The van der Waals surface area contributed by atoms with Crippen LogP contribution in [-0.2, 0) is 14.6 Å². The van der Waals surface area contributed by atoms with Crippen molar-refractivity contribution >= 4 is 10.4 Å². The largest absolute Gasteiger partial charge is 0.726 e. The van der Waals surface area contributed by atoms with Gasteiger partial charge >= 0.3 is 0 Å². The maximum Gasteiger partial charge on any atom is 0.217 e. The summed E-state index contributed by atoms with van der Waals surface area (Å²) < 4.78 is 34.4. The Hall–Kier alpha value is -0.170. The molecule has 0 heterocycles. The molecule has 0 rings (SSSR count). The summed E-state index contributed by atoms with van der Waals surface area (Å²) in [5.41, 5.74) is 0. The SMILES string of the molecule is CCCCCCCCCCCOS(=O)(=O)[O-].[NH4+]. The van der Waals surface area contributed by atoms with Crippen molar-refractivity contribution in [2.24, 2.45) is 0 Å². The third kappa shape index (κ3) is 18.4. The lowest BCUT2D eigenvalue weighted by molar-refractivity contribution is 0.255. The summed E-state index contributed by atoms with van der Waals surface area (Å²) in [6, 6.07) is 0. The fraction of sp³-hybridized carbons (Fsp3) is 1.00. The van der Waals surface area contributed by atoms with E-state index in [-0.39, 0.29) is 12.8 Å². The van der Waals surface area contributed by atoms with Crippen LogP contribution in [0.15, 0.2) is 0 Å². The predicted molar refractivity (Wildman–Crippen MR) is 68.9 cm³/mol. The molecule has 0 bridgehead atoms. The molecule has 0 atom stereocenters. The maximum atomic E-state index is 10.1. The first kappa shape index (κ1) is 19.2. The van der Waals surface area contributed by atoms with Gasteiger partial charge in [0.15, 0.2) is 0 Å². The highest BCUT2D eigenvalue weighted by molar-refractivity contribution is 7.80. The number of hydrogen-bond acceptors (Lipinski definition) is 4. The molecule has 0 fully saturated rings. The van der Waals surface area contributed by atoms with Crippen LogP contribution in [0.5, 0.6) is 0 Å². The van der Waals surface area contributed by atoms with Crippen LogP contribution in [0, 0.1) is 0 Å². The lowest BCUT2D eigenvalue weighted by atomic mass is 10.1. The van der Waals surface area contributed by atoms with E-state index in [2.05, 4.69) is 11.1 Å². The number of unbranched alkanes of at least 4 members (excludes halogenated alkanes) is 8. The number of hydrogen-bond donors (Lipinski definition) is 1. The molecule has 0 unspecified atom stereocenters. The van der Waals surface area contributed by atoms with Crippen molar-refractivity contribution in [2.45, 2.75) is 64.7 Å². The Balaban J connectivity index is 0. The van der Waals surface area contributed by atoms with Crippen LogP contribution in [0.4, 0.5) is 0 Å². The Kier molecular flexibility index (Phi) is 13.9. The van der Waals surface area contributed by atoms with E-state index in [1.807, 2.05) is 0 Å². The average Bonchev–Trinajstić information content (AvgIpc) is 2.19. The quantitative estimate of drug-likeness (QED) is 0.353. The van der Waals surface area contributed by atoms with Crippen LogP contribution in [0.3, 0.4) is 0 Å². The highest BCUT2D eigenvalue weighted by atomic mass is 32.3. The predicted octanol–water partition coefficient (Wildman–Crippen LogP) is 3.37. The van der Waals surface area contributed by atoms with Gasteiger partial charge in [-0.15, -0.1) is 0 Å². The molecule has 0 spiro atoms. The van der Waals surface area contributed by atoms with E-state index in [0.717, 1.165) is 12.8 Å². The Morgan fingerprint density at radius 2 is 1.29 bits per heavy atom. The van der Waals surface area contributed by atoms with Gasteiger partial charge in [0.2, 0.25) is 10.4 Å². The molecule has 0 aliphatic carbocycles. The van der Waals surface area contributed by atoms with E-state index in [9.17, 15) is 13.0 Å². The lowest BCUT2D eigenvalue weighted by Crippen LogP contribution is -2.05. The zero-order chi connectivity index (χ0) is 12.3. The molecule has 0 aliphatic rings. The zero-order valence-electron chi connectivity index (χ0n) is 11.1. The van der Waals surface area contributed by atoms with E-state index in [1.165, 1.54) is 38.5 Å². The molecule has 0 amide bonds. The Bertz CT molecular complexity index is 242. The summed E-state index contributed by atoms with van der Waals surface area (Å²) >= 11 is 0. The third-order valence-corrected chi connectivity index (χ3v) is 2.93. The summed E-state index contributed by atoms with van der Waals surface area (Å²) in [6.07, 6.45) is 10.3. The van der Waals surface area contributed by atoms with Gasteiger partial charge < -0.3 is 10.7 Å². The molecule has 0 aliphatic heterocycles. The summed E-state index contributed by atoms with van der Waals surface area (Å²) in [5, 5.41) is 0. The monoisotopic (exact) mass is 269 g/mol. The first-order chi connectivity index (χ1) is 7.56. The Morgan fingerprint density at radius 3 is 1.71 bits per heavy atom. The molecule has 0 aromatic heterocycles. The van der Waals surface area contributed by atoms with E-state index in [4.69, 9.17) is 0 Å². The molecular formula is C11H27NO4S. The van der Waals surface area contributed by atoms with Crippen LogP contribution in [0.1, 0.15) is 64.7 Å². The van der Waals surface area contributed by atoms with Gasteiger partial charge in [0.1, 0.15) is 0 Å². The molecular weight excluding hydrogens is 242 g/mol. The second-order valence-corrected chi connectivity index (χ2v) is 5.11. The first-order valence-electron chi connectivity index (χ1n) is 6.16. The highest BCUT2D eigenvalue weighted by Gasteiger charge is 1.95. The van der Waals surface area contributed by atoms with Crippen LogP contribution < -0.4 is 6.15 Å². The Labute approximate surface area is 105 Å². The van der Waals surface area contributed by atoms with Gasteiger partial charge in [-0.3, -0.25) is 4.18 Å². The molecule has 0 saturated carbocycles. The minimum absolute atomic E-state index is 0. The zero-order valence-corrected chi connectivity index (χ0v) is 11.9. The topological polar surface area (TPSA) is 103 Å². The van der Waals surface area contributed by atoms with Crippen molar-refractivity contribution in [2.75, 3.05) is 6.61 Å². The second-order valence-electron chi connectivity index (χ2n) is 4.06. The van der Waals surface area contributed by atoms with Gasteiger partial charge in [0, 0.05) is 0 Å². The van der Waals surface area contributed by atoms with E-state index in [1.54, 1.807) is 0 Å². The van der Waals surface area contributed by atoms with E-state index < -0.39 is 10.4 Å². The molecule has 4 N–H and O–H groups in total. The van der Waals surface area contributed by atoms with Crippen LogP contribution in [0.2, 0.25) is 0 Å². The first-order valence-corrected chi connectivity index (χ1v) is 7.50. The third-order valence-electron chi connectivity index (χ3n) is 2.48. The number of quaternary nitrogens is 1. The van der Waals surface area contributed by atoms with Crippen LogP contribution in [0.25, 0.3) is 0 Å². The molecule has 106 valence electrons. The fourth-order valence-electron chi connectivity index (χ4n) is 1.57. The Morgan fingerprint density at radius 1 is 0.882 bits per heavy atom. The highest BCUT2D eigenvalue weighted by Crippen LogP contribution is 2.09. The molecule has 0 aromatic carbocycles. The van der Waals surface area contributed by atoms with Crippen molar-refractivity contribution in [1.29, 1.82) is 0 Å². The molecule has 6 heteroatoms. The van der Waals surface area contributed by atoms with Crippen molar-refractivity contribution in [3.05, 3.63) is 0 Å². The standard InChI is InChI=1S/C11H24O4S.H3N/c1-2-3-4-5-6-7-8-9-10-11-15-16(12,13)14;/h2-11H2,1H3,(H,12,13,14);1H3. The molecule has 17 heavy (non-hydrogen) atoms. The van der Waals surface area contributed by atoms with Crippen molar-refractivity contribution < 1.29 is 17.2 Å². The number of rotatable bonds is 11. The van der Waals surface area contributed by atoms with Crippen LogP contribution in [-0.4, -0.2) is 19.6 Å². The maximum absolute atomic E-state index is 10.1. The average molecular weight is 269 g/mol. The second kappa shape index (κ2) is 12.3. The van der Waals surface area contributed by atoms with E-state index >= 15 is 0 Å². The molecule has 0 aromatic rings. The van der Waals surface area contributed by atoms with Crippen molar-refractivity contribution in [1.82, 2.24) is 6.15 Å². The smallest absolute Gasteiger partial charge is 0.217 e. The van der Waals surface area contributed by atoms with Gasteiger partial charge in [0.05, 0.1) is 6.61 Å². The lowest BCUT2D eigenvalue weighted by Gasteiger charge is -2.06.